The van der Waals surface area contributed by atoms with Crippen molar-refractivity contribution >= 4 is 16.4 Å². The summed E-state index contributed by atoms with van der Waals surface area (Å²) in [6.45, 7) is 6.41. The second-order valence-corrected chi connectivity index (χ2v) is 5.27. The molecule has 0 bridgehead atoms. The number of rotatable bonds is 4. The third-order valence-electron chi connectivity index (χ3n) is 1.34. The van der Waals surface area contributed by atoms with Crippen molar-refractivity contribution < 1.29 is 43.9 Å². The second kappa shape index (κ2) is 9.29. The highest BCUT2D eigenvalue weighted by molar-refractivity contribution is 7.79. The fraction of sp³-hybridized carbons (Fsp3) is 0.667. The molecule has 0 saturated heterocycles. The lowest BCUT2D eigenvalue weighted by molar-refractivity contribution is -0.870. The van der Waals surface area contributed by atoms with E-state index in [2.05, 4.69) is 27.7 Å². The molecule has 0 amide bonds. The van der Waals surface area contributed by atoms with E-state index in [-0.39, 0.29) is 18.4 Å². The fourth-order valence-electron chi connectivity index (χ4n) is 0.535. The molecule has 0 fully saturated rings. The van der Waals surface area contributed by atoms with E-state index in [1.165, 1.54) is 0 Å². The van der Waals surface area contributed by atoms with E-state index in [9.17, 15) is 4.79 Å². The lowest BCUT2D eigenvalue weighted by Crippen LogP contribution is -3.00. The Balaban J connectivity index is -0.000000321. The molecule has 0 aromatic carbocycles. The van der Waals surface area contributed by atoms with Gasteiger partial charge in [0, 0.05) is 5.57 Å². The molecule has 0 aromatic rings. The highest BCUT2D eigenvalue weighted by Gasteiger charge is 2.09. The minimum absolute atomic E-state index is 0. The quantitative estimate of drug-likeness (QED) is 0.251. The van der Waals surface area contributed by atoms with Crippen LogP contribution in [-0.2, 0) is 19.9 Å². The number of hydrogen-bond donors (Lipinski definition) is 2. The van der Waals surface area contributed by atoms with E-state index >= 15 is 0 Å². The van der Waals surface area contributed by atoms with Crippen LogP contribution >= 0.6 is 0 Å². The number of halogens is 1. The Bertz CT molecular complexity index is 352. The van der Waals surface area contributed by atoms with Gasteiger partial charge in [0.15, 0.2) is 0 Å². The molecule has 0 aromatic heterocycles. The van der Waals surface area contributed by atoms with Gasteiger partial charge in [0.2, 0.25) is 0 Å². The maximum atomic E-state index is 10.9. The van der Waals surface area contributed by atoms with Crippen LogP contribution in [0.3, 0.4) is 0 Å². The summed E-state index contributed by atoms with van der Waals surface area (Å²) >= 11 is 0. The SMILES string of the molecule is C=C(C)C(=O)OCC[N+](C)(C)C.O=S(=O)(O)O.[Cl-]. The fourth-order valence-corrected chi connectivity index (χ4v) is 0.535. The van der Waals surface area contributed by atoms with E-state index in [1.807, 2.05) is 0 Å². The highest BCUT2D eigenvalue weighted by Crippen LogP contribution is 1.94. The maximum Gasteiger partial charge on any atom is 0.394 e. The van der Waals surface area contributed by atoms with Gasteiger partial charge in [-0.25, -0.2) is 4.79 Å². The van der Waals surface area contributed by atoms with E-state index in [4.69, 9.17) is 22.3 Å². The maximum absolute atomic E-state index is 10.9. The molecule has 0 spiro atoms. The molecule has 2 N–H and O–H groups in total. The Morgan fingerprint density at radius 2 is 1.61 bits per heavy atom. The average molecular weight is 306 g/mol. The van der Waals surface area contributed by atoms with Crippen LogP contribution in [0.2, 0.25) is 0 Å². The number of esters is 1. The summed E-state index contributed by atoms with van der Waals surface area (Å²) in [7, 11) is 1.48. The van der Waals surface area contributed by atoms with Gasteiger partial charge in [-0.1, -0.05) is 6.58 Å². The first-order chi connectivity index (χ1) is 7.33. The molecule has 0 aliphatic rings. The van der Waals surface area contributed by atoms with Crippen LogP contribution in [0.25, 0.3) is 0 Å². The summed E-state index contributed by atoms with van der Waals surface area (Å²) in [5, 5.41) is 0. The number of carbonyl (C=O) groups excluding carboxylic acids is 1. The van der Waals surface area contributed by atoms with Crippen molar-refractivity contribution in [3.8, 4) is 0 Å². The zero-order chi connectivity index (χ0) is 14.3. The third kappa shape index (κ3) is 29.5. The van der Waals surface area contributed by atoms with Crippen molar-refractivity contribution in [1.29, 1.82) is 0 Å². The molecule has 9 heteroatoms. The van der Waals surface area contributed by atoms with Gasteiger partial charge in [0.1, 0.15) is 13.2 Å². The predicted octanol–water partition coefficient (Wildman–Crippen LogP) is -2.84. The molecular weight excluding hydrogens is 286 g/mol. The first-order valence-corrected chi connectivity index (χ1v) is 6.05. The van der Waals surface area contributed by atoms with Gasteiger partial charge in [0.05, 0.1) is 21.1 Å². The molecule has 0 radical (unpaired) electrons. The summed E-state index contributed by atoms with van der Waals surface area (Å²) in [5.74, 6) is -0.302. The van der Waals surface area contributed by atoms with Crippen LogP contribution in [-0.4, -0.2) is 62.3 Å². The van der Waals surface area contributed by atoms with Gasteiger partial charge in [-0.2, -0.15) is 8.42 Å². The molecule has 18 heavy (non-hydrogen) atoms. The van der Waals surface area contributed by atoms with Gasteiger partial charge < -0.3 is 21.6 Å². The Labute approximate surface area is 114 Å². The number of carbonyl (C=O) groups is 1. The van der Waals surface area contributed by atoms with E-state index < -0.39 is 10.4 Å². The molecule has 7 nitrogen and oxygen atoms in total. The second-order valence-electron chi connectivity index (χ2n) is 4.38. The van der Waals surface area contributed by atoms with Crippen molar-refractivity contribution in [1.82, 2.24) is 0 Å². The van der Waals surface area contributed by atoms with Crippen molar-refractivity contribution in [3.63, 3.8) is 0 Å². The Morgan fingerprint density at radius 3 is 1.83 bits per heavy atom. The third-order valence-corrected chi connectivity index (χ3v) is 1.34. The lowest BCUT2D eigenvalue weighted by Gasteiger charge is -2.23. The standard InChI is InChI=1S/C9H18NO2.ClH.H2O4S/c1-8(2)9(11)12-7-6-10(3,4)5;;1-5(2,3)4/h1,6-7H2,2-5H3;1H;(H2,1,2,3,4)/q+1;;/p-1. The smallest absolute Gasteiger partial charge is 0.394 e. The number of quaternary nitrogens is 1. The van der Waals surface area contributed by atoms with Crippen molar-refractivity contribution in [2.75, 3.05) is 34.3 Å². The van der Waals surface area contributed by atoms with Gasteiger partial charge in [0.25, 0.3) is 0 Å². The molecule has 0 unspecified atom stereocenters. The van der Waals surface area contributed by atoms with Crippen LogP contribution in [0, 0.1) is 0 Å². The van der Waals surface area contributed by atoms with Crippen LogP contribution in [0.15, 0.2) is 12.2 Å². The van der Waals surface area contributed by atoms with Gasteiger partial charge in [-0.3, -0.25) is 9.11 Å². The lowest BCUT2D eigenvalue weighted by atomic mass is 10.4. The zero-order valence-electron chi connectivity index (χ0n) is 10.9. The van der Waals surface area contributed by atoms with E-state index in [0.29, 0.717) is 12.2 Å². The molecule has 110 valence electrons. The highest BCUT2D eigenvalue weighted by atomic mass is 35.5. The Hall–Kier alpha value is -0.670. The normalized spacial score (nSPS) is 10.6. The van der Waals surface area contributed by atoms with Crippen LogP contribution in [0.5, 0.6) is 0 Å². The molecule has 0 saturated carbocycles. The van der Waals surface area contributed by atoms with Crippen molar-refractivity contribution in [2.45, 2.75) is 6.92 Å². The number of ether oxygens (including phenoxy) is 1. The molecule has 0 aliphatic heterocycles. The molecular formula is C9H20ClNO6S. The van der Waals surface area contributed by atoms with Gasteiger partial charge in [-0.05, 0) is 6.92 Å². The molecule has 0 atom stereocenters. The molecule has 0 heterocycles. The van der Waals surface area contributed by atoms with E-state index in [0.717, 1.165) is 11.0 Å². The minimum Gasteiger partial charge on any atom is -1.00 e. The Kier molecular flexibility index (Phi) is 11.6. The number of hydrogen-bond acceptors (Lipinski definition) is 4. The number of likely N-dealkylation sites (N-methyl/N-ethyl adjacent to an activating group) is 1. The minimum atomic E-state index is -4.67. The average Bonchev–Trinajstić information content (AvgIpc) is 1.97. The van der Waals surface area contributed by atoms with E-state index in [1.54, 1.807) is 6.92 Å². The van der Waals surface area contributed by atoms with Crippen LogP contribution < -0.4 is 12.4 Å². The summed E-state index contributed by atoms with van der Waals surface area (Å²) in [6.07, 6.45) is 0. The summed E-state index contributed by atoms with van der Waals surface area (Å²) in [5.41, 5.74) is 0.455. The predicted molar refractivity (Wildman–Crippen MR) is 62.8 cm³/mol. The van der Waals surface area contributed by atoms with Crippen molar-refractivity contribution in [3.05, 3.63) is 12.2 Å². The summed E-state index contributed by atoms with van der Waals surface area (Å²) < 4.78 is 37.3. The van der Waals surface area contributed by atoms with Crippen molar-refractivity contribution in [2.24, 2.45) is 0 Å². The van der Waals surface area contributed by atoms with Gasteiger partial charge >= 0.3 is 16.4 Å². The topological polar surface area (TPSA) is 101 Å². The van der Waals surface area contributed by atoms with Crippen LogP contribution in [0.4, 0.5) is 0 Å². The summed E-state index contributed by atoms with van der Waals surface area (Å²) in [4.78, 5) is 10.9. The molecule has 0 rings (SSSR count). The Morgan fingerprint density at radius 1 is 1.28 bits per heavy atom. The number of nitrogens with zero attached hydrogens (tertiary/aromatic N) is 1. The molecule has 0 aliphatic carbocycles. The monoisotopic (exact) mass is 305 g/mol. The van der Waals surface area contributed by atoms with Gasteiger partial charge in [-0.15, -0.1) is 0 Å². The zero-order valence-corrected chi connectivity index (χ0v) is 12.5. The van der Waals surface area contributed by atoms with Crippen LogP contribution in [0.1, 0.15) is 6.92 Å². The summed E-state index contributed by atoms with van der Waals surface area (Å²) in [6, 6.07) is 0. The largest absolute Gasteiger partial charge is 1.00 e. The first kappa shape index (κ1) is 22.5. The first-order valence-electron chi connectivity index (χ1n) is 4.66.